The maximum absolute atomic E-state index is 13.8. The summed E-state index contributed by atoms with van der Waals surface area (Å²) in [6.45, 7) is 3.03. The Labute approximate surface area is 395 Å². The van der Waals surface area contributed by atoms with Gasteiger partial charge in [0.2, 0.25) is 0 Å². The zero-order valence-corrected chi connectivity index (χ0v) is 38.5. The first kappa shape index (κ1) is 48.2. The number of amides is 2. The van der Waals surface area contributed by atoms with Crippen LogP contribution in [0, 0.1) is 25.5 Å². The van der Waals surface area contributed by atoms with Gasteiger partial charge in [-0.25, -0.2) is 27.8 Å². The number of hydrogen-bond acceptors (Lipinski definition) is 9. The summed E-state index contributed by atoms with van der Waals surface area (Å²) in [6, 6.07) is 17.8. The Bertz CT molecular complexity index is 3020. The Balaban J connectivity index is 0.000000189. The van der Waals surface area contributed by atoms with Gasteiger partial charge in [-0.05, 0) is 121 Å². The zero-order chi connectivity index (χ0) is 48.5. The monoisotopic (exact) mass is 1030 g/mol. The lowest BCUT2D eigenvalue weighted by Crippen LogP contribution is -2.26. The maximum Gasteiger partial charge on any atom is 0.390 e. The van der Waals surface area contributed by atoms with Crippen LogP contribution in [0.2, 0.25) is 0 Å². The first-order valence-corrected chi connectivity index (χ1v) is 22.9. The highest BCUT2D eigenvalue weighted by Crippen LogP contribution is 2.34. The fourth-order valence-electron chi connectivity index (χ4n) is 7.06. The molecule has 4 heterocycles. The van der Waals surface area contributed by atoms with Crippen molar-refractivity contribution in [3.05, 3.63) is 118 Å². The van der Waals surface area contributed by atoms with E-state index in [1.165, 1.54) is 16.6 Å². The molecule has 2 saturated carbocycles. The summed E-state index contributed by atoms with van der Waals surface area (Å²) in [5.74, 6) is -2.25. The molecule has 68 heavy (non-hydrogen) atoms. The van der Waals surface area contributed by atoms with Crippen molar-refractivity contribution >= 4 is 62.2 Å². The summed E-state index contributed by atoms with van der Waals surface area (Å²) in [5, 5.41) is 20.8. The highest BCUT2D eigenvalue weighted by Gasteiger charge is 2.29. The second kappa shape index (κ2) is 19.7. The van der Waals surface area contributed by atoms with Crippen LogP contribution in [0.3, 0.4) is 0 Å². The van der Waals surface area contributed by atoms with Gasteiger partial charge in [-0.2, -0.15) is 36.5 Å². The molecule has 9 rings (SSSR count). The molecule has 0 aliphatic heterocycles. The van der Waals surface area contributed by atoms with Crippen molar-refractivity contribution in [2.45, 2.75) is 86.7 Å². The Morgan fingerprint density at radius 2 is 1.15 bits per heavy atom. The third-order valence-electron chi connectivity index (χ3n) is 10.8. The van der Waals surface area contributed by atoms with Crippen LogP contribution in [0.5, 0.6) is 0 Å². The number of imidazole rings is 2. The van der Waals surface area contributed by atoms with E-state index < -0.39 is 36.8 Å². The minimum Gasteiger partial charge on any atom is -0.382 e. The number of carbonyl (C=O) groups is 2. The van der Waals surface area contributed by atoms with E-state index in [1.807, 2.05) is 32.0 Å². The zero-order valence-electron chi connectivity index (χ0n) is 36.1. The molecule has 0 atom stereocenters. The number of carbonyl (C=O) groups excluding carboxylic acids is 2. The van der Waals surface area contributed by atoms with Gasteiger partial charge in [-0.3, -0.25) is 9.59 Å². The molecule has 7 aromatic rings. The Morgan fingerprint density at radius 3 is 1.60 bits per heavy atom. The predicted octanol–water partition coefficient (Wildman–Crippen LogP) is 11.1. The van der Waals surface area contributed by atoms with Crippen molar-refractivity contribution in [1.29, 1.82) is 0 Å². The lowest BCUT2D eigenvalue weighted by molar-refractivity contribution is -0.132. The number of halogens is 9. The number of benzene rings is 3. The molecular formula is C46H41BrF8N10O2S. The van der Waals surface area contributed by atoms with Crippen LogP contribution < -0.4 is 21.3 Å². The van der Waals surface area contributed by atoms with Crippen LogP contribution in [0.15, 0.2) is 93.6 Å². The van der Waals surface area contributed by atoms with E-state index in [0.717, 1.165) is 66.3 Å². The normalized spacial score (nSPS) is 13.9. The summed E-state index contributed by atoms with van der Waals surface area (Å²) in [4.78, 5) is 34.0. The number of rotatable bonds is 14. The summed E-state index contributed by atoms with van der Waals surface area (Å²) >= 11 is 4.33. The van der Waals surface area contributed by atoms with Gasteiger partial charge in [-0.15, -0.1) is 0 Å². The lowest BCUT2D eigenvalue weighted by atomic mass is 10.0. The average Bonchev–Trinajstić information content (AvgIpc) is 4.18. The summed E-state index contributed by atoms with van der Waals surface area (Å²) in [7, 11) is 0. The Kier molecular flexibility index (Phi) is 14.0. The van der Waals surface area contributed by atoms with E-state index in [2.05, 4.69) is 57.4 Å². The fraction of sp³-hybridized carbons (Fsp3) is 0.304. The van der Waals surface area contributed by atoms with Crippen LogP contribution in [0.25, 0.3) is 33.8 Å². The second-order valence-corrected chi connectivity index (χ2v) is 18.3. The van der Waals surface area contributed by atoms with Gasteiger partial charge < -0.3 is 21.3 Å². The minimum absolute atomic E-state index is 0.0864. The molecule has 0 spiro atoms. The molecule has 356 valence electrons. The number of alkyl halides is 6. The van der Waals surface area contributed by atoms with E-state index in [9.17, 15) is 44.7 Å². The number of nitrogens with one attached hydrogen (secondary N) is 4. The van der Waals surface area contributed by atoms with Crippen LogP contribution in [-0.4, -0.2) is 78.5 Å². The number of fused-ring (bicyclic) bond motifs is 2. The third-order valence-corrected chi connectivity index (χ3v) is 12.1. The number of anilines is 2. The van der Waals surface area contributed by atoms with Crippen LogP contribution in [0.4, 0.5) is 46.5 Å². The molecule has 2 amide bonds. The largest absolute Gasteiger partial charge is 0.390 e. The van der Waals surface area contributed by atoms with Gasteiger partial charge in [0, 0.05) is 52.3 Å². The molecule has 2 aliphatic carbocycles. The van der Waals surface area contributed by atoms with Crippen LogP contribution in [-0.2, 0) is 0 Å². The van der Waals surface area contributed by atoms with Crippen molar-refractivity contribution in [3.63, 3.8) is 0 Å². The van der Waals surface area contributed by atoms with Crippen LogP contribution >= 0.6 is 27.7 Å². The number of aryl methyl sites for hydroxylation is 2. The van der Waals surface area contributed by atoms with E-state index >= 15 is 0 Å². The molecule has 4 N–H and O–H groups in total. The summed E-state index contributed by atoms with van der Waals surface area (Å²) in [6.07, 6.45) is -3.44. The van der Waals surface area contributed by atoms with Crippen molar-refractivity contribution in [3.8, 4) is 22.5 Å². The van der Waals surface area contributed by atoms with Gasteiger partial charge in [0.1, 0.15) is 9.63 Å². The molecule has 0 radical (unpaired) electrons. The van der Waals surface area contributed by atoms with Gasteiger partial charge in [-0.1, -0.05) is 23.9 Å². The summed E-state index contributed by atoms with van der Waals surface area (Å²) < 4.78 is 106. The minimum atomic E-state index is -4.34. The molecule has 0 bridgehead atoms. The van der Waals surface area contributed by atoms with Gasteiger partial charge >= 0.3 is 12.4 Å². The first-order valence-electron chi connectivity index (χ1n) is 21.3. The Morgan fingerprint density at radius 1 is 0.662 bits per heavy atom. The average molecular weight is 1030 g/mol. The third kappa shape index (κ3) is 12.0. The molecule has 0 unspecified atom stereocenters. The van der Waals surface area contributed by atoms with Gasteiger partial charge in [0.25, 0.3) is 11.8 Å². The molecule has 0 saturated heterocycles. The van der Waals surface area contributed by atoms with Crippen LogP contribution in [0.1, 0.15) is 70.4 Å². The van der Waals surface area contributed by atoms with E-state index in [4.69, 9.17) is 0 Å². The standard InChI is InChI=1S/C26H22F5N5OS.C20H19BrF3N5O/c1-14-10-15(2-6-18(14)25(37)34-16-3-4-16)22-13-33-24-21(32-9-8-26(29,30)31)12-23(35-36(22)24)38-17-5-7-19(27)20(28)11-17;1-11-8-12(2-5-14(11)19(30)27-13-3-4-13)16-10-26-18-15(9-17(21)28-29(16)18)25-7-6-20(22,23)24/h2,5-7,10-13,16,32H,3-4,8-9H2,1H3,(H,34,37);2,5,8-10,13,25H,3-4,6-7H2,1H3,(H,27,30). The van der Waals surface area contributed by atoms with Crippen molar-refractivity contribution in [2.24, 2.45) is 0 Å². The van der Waals surface area contributed by atoms with Crippen molar-refractivity contribution in [1.82, 2.24) is 39.8 Å². The predicted molar refractivity (Wildman–Crippen MR) is 244 cm³/mol. The van der Waals surface area contributed by atoms with Gasteiger partial charge in [0.15, 0.2) is 22.9 Å². The van der Waals surface area contributed by atoms with Crippen molar-refractivity contribution < 1.29 is 44.7 Å². The quantitative estimate of drug-likeness (QED) is 0.0783. The fourth-order valence-corrected chi connectivity index (χ4v) is 8.29. The SMILES string of the molecule is Cc1cc(-c2cnc3c(NCCC(F)(F)F)cc(Br)nn23)ccc1C(=O)NC1CC1.Cc1cc(-c2cnc3c(NCCC(F)(F)F)cc(Sc4ccc(F)c(F)c4)nn23)ccc1C(=O)NC1CC1. The van der Waals surface area contributed by atoms with E-state index in [-0.39, 0.29) is 37.0 Å². The lowest BCUT2D eigenvalue weighted by Gasteiger charge is -2.13. The van der Waals surface area contributed by atoms with Gasteiger partial charge in [0.05, 0.1) is 48.0 Å². The highest BCUT2D eigenvalue weighted by atomic mass is 79.9. The molecule has 2 fully saturated rings. The Hall–Kier alpha value is -6.29. The summed E-state index contributed by atoms with van der Waals surface area (Å²) in [5.41, 5.74) is 6.90. The molecule has 4 aromatic heterocycles. The smallest absolute Gasteiger partial charge is 0.382 e. The molecule has 22 heteroatoms. The number of nitrogens with zero attached hydrogens (tertiary/aromatic N) is 6. The molecule has 2 aliphatic rings. The van der Waals surface area contributed by atoms with E-state index in [0.29, 0.717) is 65.3 Å². The maximum atomic E-state index is 13.8. The molecule has 12 nitrogen and oxygen atoms in total. The van der Waals surface area contributed by atoms with E-state index in [1.54, 1.807) is 41.2 Å². The second-order valence-electron chi connectivity index (χ2n) is 16.4. The molecule has 3 aromatic carbocycles. The number of aromatic nitrogens is 6. The number of hydrogen-bond donors (Lipinski definition) is 4. The highest BCUT2D eigenvalue weighted by molar-refractivity contribution is 9.10. The molecular weight excluding hydrogens is 989 g/mol. The topological polar surface area (TPSA) is 143 Å². The van der Waals surface area contributed by atoms with Crippen molar-refractivity contribution in [2.75, 3.05) is 23.7 Å². The first-order chi connectivity index (χ1) is 32.3.